The van der Waals surface area contributed by atoms with E-state index in [9.17, 15) is 14.4 Å². The van der Waals surface area contributed by atoms with E-state index in [1.54, 1.807) is 72.5 Å². The number of ether oxygens (including phenoxy) is 3. The minimum absolute atomic E-state index is 0.0664. The van der Waals surface area contributed by atoms with Crippen LogP contribution in [0.15, 0.2) is 60.7 Å². The zero-order chi connectivity index (χ0) is 28.6. The SMILES string of the molecule is CCOC(=O)Cc1ccc(OC)c(Oc2ccc(NC(=O)c3ccc(Cl)cc3)cc2CN(CC)C(=O)C2CC2)c1. The van der Waals surface area contributed by atoms with Crippen LogP contribution in [0.1, 0.15) is 48.2 Å². The minimum Gasteiger partial charge on any atom is -0.493 e. The number of benzene rings is 3. The molecule has 1 fully saturated rings. The van der Waals surface area contributed by atoms with E-state index in [0.29, 0.717) is 64.3 Å². The van der Waals surface area contributed by atoms with Crippen LogP contribution in [0.4, 0.5) is 5.69 Å². The van der Waals surface area contributed by atoms with Crippen LogP contribution in [-0.4, -0.2) is 42.9 Å². The van der Waals surface area contributed by atoms with Crippen LogP contribution >= 0.6 is 11.6 Å². The lowest BCUT2D eigenvalue weighted by Gasteiger charge is -2.23. The van der Waals surface area contributed by atoms with Crippen LogP contribution in [0, 0.1) is 5.92 Å². The quantitative estimate of drug-likeness (QED) is 0.261. The van der Waals surface area contributed by atoms with Crippen LogP contribution in [0.5, 0.6) is 17.2 Å². The molecule has 0 aliphatic heterocycles. The molecule has 0 spiro atoms. The van der Waals surface area contributed by atoms with Gasteiger partial charge in [0.1, 0.15) is 5.75 Å². The summed E-state index contributed by atoms with van der Waals surface area (Å²) >= 11 is 5.96. The van der Waals surface area contributed by atoms with E-state index in [1.165, 1.54) is 7.11 Å². The summed E-state index contributed by atoms with van der Waals surface area (Å²) in [5.41, 5.74) is 2.44. The normalized spacial score (nSPS) is 12.4. The predicted molar refractivity (Wildman–Crippen MR) is 153 cm³/mol. The summed E-state index contributed by atoms with van der Waals surface area (Å²) < 4.78 is 16.9. The van der Waals surface area contributed by atoms with Gasteiger partial charge >= 0.3 is 5.97 Å². The van der Waals surface area contributed by atoms with E-state index in [2.05, 4.69) is 5.32 Å². The van der Waals surface area contributed by atoms with Crippen molar-refractivity contribution in [1.82, 2.24) is 4.90 Å². The Labute approximate surface area is 239 Å². The summed E-state index contributed by atoms with van der Waals surface area (Å²) in [6, 6.07) is 17.2. The lowest BCUT2D eigenvalue weighted by molar-refractivity contribution is -0.142. The van der Waals surface area contributed by atoms with E-state index in [-0.39, 0.29) is 30.1 Å². The molecule has 210 valence electrons. The smallest absolute Gasteiger partial charge is 0.310 e. The number of carbonyl (C=O) groups is 3. The molecule has 8 nitrogen and oxygen atoms in total. The molecule has 3 aromatic carbocycles. The number of esters is 1. The number of methoxy groups -OCH3 is 1. The molecule has 1 aliphatic rings. The van der Waals surface area contributed by atoms with Crippen molar-refractivity contribution < 1.29 is 28.6 Å². The molecule has 40 heavy (non-hydrogen) atoms. The standard InChI is InChI=1S/C31H33ClN2O6/c1-4-34(31(37)22-7-8-22)19-23-18-25(33-30(36)21-9-11-24(32)12-10-21)13-15-26(23)40-28-16-20(6-14-27(28)38-3)17-29(35)39-5-2/h6,9-16,18,22H,4-5,7-8,17,19H2,1-3H3,(H,33,36). The van der Waals surface area contributed by atoms with Gasteiger partial charge in [0.25, 0.3) is 5.91 Å². The van der Waals surface area contributed by atoms with Crippen molar-refractivity contribution in [2.24, 2.45) is 5.92 Å². The number of halogens is 1. The molecular formula is C31H33ClN2O6. The Morgan fingerprint density at radius 1 is 0.950 bits per heavy atom. The molecule has 2 amide bonds. The van der Waals surface area contributed by atoms with Crippen LogP contribution in [0.2, 0.25) is 5.02 Å². The Bertz CT molecular complexity index is 1370. The highest BCUT2D eigenvalue weighted by molar-refractivity contribution is 6.30. The van der Waals surface area contributed by atoms with Gasteiger partial charge in [-0.25, -0.2) is 0 Å². The number of nitrogens with one attached hydrogen (secondary N) is 1. The van der Waals surface area contributed by atoms with Crippen molar-refractivity contribution in [3.8, 4) is 17.2 Å². The summed E-state index contributed by atoms with van der Waals surface area (Å²) in [4.78, 5) is 39.6. The molecule has 1 aliphatic carbocycles. The van der Waals surface area contributed by atoms with Gasteiger partial charge in [0.2, 0.25) is 5.91 Å². The maximum Gasteiger partial charge on any atom is 0.310 e. The van der Waals surface area contributed by atoms with Gasteiger partial charge in [-0.1, -0.05) is 17.7 Å². The first-order valence-corrected chi connectivity index (χ1v) is 13.7. The number of hydrogen-bond acceptors (Lipinski definition) is 6. The lowest BCUT2D eigenvalue weighted by atomic mass is 10.1. The number of anilines is 1. The Kier molecular flexibility index (Phi) is 9.66. The number of nitrogens with zero attached hydrogens (tertiary/aromatic N) is 1. The van der Waals surface area contributed by atoms with Crippen molar-refractivity contribution in [2.75, 3.05) is 25.6 Å². The third-order valence-electron chi connectivity index (χ3n) is 6.51. The maximum atomic E-state index is 12.9. The van der Waals surface area contributed by atoms with Crippen LogP contribution in [0.3, 0.4) is 0 Å². The van der Waals surface area contributed by atoms with Gasteiger partial charge in [-0.15, -0.1) is 0 Å². The molecule has 0 aromatic heterocycles. The summed E-state index contributed by atoms with van der Waals surface area (Å²) in [7, 11) is 1.54. The summed E-state index contributed by atoms with van der Waals surface area (Å²) in [6.07, 6.45) is 1.90. The van der Waals surface area contributed by atoms with Gasteiger partial charge in [0.15, 0.2) is 11.5 Å². The summed E-state index contributed by atoms with van der Waals surface area (Å²) in [5.74, 6) is 0.955. The van der Waals surface area contributed by atoms with Crippen molar-refractivity contribution in [3.05, 3.63) is 82.4 Å². The van der Waals surface area contributed by atoms with E-state index in [0.717, 1.165) is 12.8 Å². The van der Waals surface area contributed by atoms with Gasteiger partial charge in [-0.2, -0.15) is 0 Å². The number of carbonyl (C=O) groups excluding carboxylic acids is 3. The Morgan fingerprint density at radius 2 is 1.68 bits per heavy atom. The number of rotatable bonds is 12. The van der Waals surface area contributed by atoms with Gasteiger partial charge in [0, 0.05) is 40.8 Å². The lowest BCUT2D eigenvalue weighted by Crippen LogP contribution is -2.31. The molecule has 0 unspecified atom stereocenters. The molecule has 0 saturated heterocycles. The average molecular weight is 565 g/mol. The van der Waals surface area contributed by atoms with Gasteiger partial charge in [-0.05, 0) is 86.8 Å². The molecule has 1 N–H and O–H groups in total. The van der Waals surface area contributed by atoms with Crippen LogP contribution in [-0.2, 0) is 27.3 Å². The second kappa shape index (κ2) is 13.3. The topological polar surface area (TPSA) is 94.2 Å². The largest absolute Gasteiger partial charge is 0.493 e. The molecule has 1 saturated carbocycles. The highest BCUT2D eigenvalue weighted by atomic mass is 35.5. The van der Waals surface area contributed by atoms with Crippen LogP contribution < -0.4 is 14.8 Å². The van der Waals surface area contributed by atoms with E-state index in [1.807, 2.05) is 6.92 Å². The molecule has 4 rings (SSSR count). The average Bonchev–Trinajstić information content (AvgIpc) is 3.79. The van der Waals surface area contributed by atoms with E-state index < -0.39 is 0 Å². The molecule has 9 heteroatoms. The molecule has 3 aromatic rings. The molecule has 0 heterocycles. The minimum atomic E-state index is -0.336. The van der Waals surface area contributed by atoms with Crippen LogP contribution in [0.25, 0.3) is 0 Å². The maximum absolute atomic E-state index is 12.9. The van der Waals surface area contributed by atoms with Gasteiger partial charge in [0.05, 0.1) is 20.1 Å². The Hall–Kier alpha value is -4.04. The second-order valence-electron chi connectivity index (χ2n) is 9.48. The Morgan fingerprint density at radius 3 is 2.33 bits per heavy atom. The molecule has 0 atom stereocenters. The zero-order valence-electron chi connectivity index (χ0n) is 22.9. The van der Waals surface area contributed by atoms with Crippen molar-refractivity contribution in [1.29, 1.82) is 0 Å². The van der Waals surface area contributed by atoms with Gasteiger partial charge < -0.3 is 24.4 Å². The molecular weight excluding hydrogens is 532 g/mol. The van der Waals surface area contributed by atoms with E-state index >= 15 is 0 Å². The summed E-state index contributed by atoms with van der Waals surface area (Å²) in [6.45, 7) is 4.84. The van der Waals surface area contributed by atoms with Crippen molar-refractivity contribution in [2.45, 2.75) is 39.7 Å². The third kappa shape index (κ3) is 7.54. The molecule has 0 radical (unpaired) electrons. The number of amides is 2. The van der Waals surface area contributed by atoms with Gasteiger partial charge in [-0.3, -0.25) is 14.4 Å². The monoisotopic (exact) mass is 564 g/mol. The summed E-state index contributed by atoms with van der Waals surface area (Å²) in [5, 5.41) is 3.46. The third-order valence-corrected chi connectivity index (χ3v) is 6.76. The zero-order valence-corrected chi connectivity index (χ0v) is 23.6. The first kappa shape index (κ1) is 29.0. The first-order chi connectivity index (χ1) is 19.3. The second-order valence-corrected chi connectivity index (χ2v) is 9.92. The van der Waals surface area contributed by atoms with E-state index in [4.69, 9.17) is 25.8 Å². The highest BCUT2D eigenvalue weighted by Crippen LogP contribution is 2.37. The molecule has 0 bridgehead atoms. The number of hydrogen-bond donors (Lipinski definition) is 1. The van der Waals surface area contributed by atoms with Crippen molar-refractivity contribution in [3.63, 3.8) is 0 Å². The highest BCUT2D eigenvalue weighted by Gasteiger charge is 2.33. The van der Waals surface area contributed by atoms with Crippen molar-refractivity contribution >= 4 is 35.1 Å². The Balaban J connectivity index is 1.64. The fourth-order valence-electron chi connectivity index (χ4n) is 4.23. The fraction of sp³-hybridized carbons (Fsp3) is 0.323. The first-order valence-electron chi connectivity index (χ1n) is 13.3. The fourth-order valence-corrected chi connectivity index (χ4v) is 4.36. The predicted octanol–water partition coefficient (Wildman–Crippen LogP) is 6.26.